The summed E-state index contributed by atoms with van der Waals surface area (Å²) in [6, 6.07) is 36.0. The molecule has 0 atom stereocenters. The van der Waals surface area contributed by atoms with Crippen molar-refractivity contribution in [3.05, 3.63) is 134 Å². The van der Waals surface area contributed by atoms with E-state index in [1.54, 1.807) is 6.33 Å². The molecule has 0 amide bonds. The highest BCUT2D eigenvalue weighted by Crippen LogP contribution is 2.44. The number of benzene rings is 4. The SMILES string of the molecule is Nc1ncnc2c1c(-c1ccc(Oc3ccccc3)cc1)cn2C1CCC(=O)CC1.Nc1ncnc2c1c(-c1ccc(Oc3ccccc3)cc1)cn2C1CCC2(CC1)OCCO2. The van der Waals surface area contributed by atoms with Crippen LogP contribution in [-0.4, -0.2) is 53.9 Å². The Hall–Kier alpha value is -7.09. The van der Waals surface area contributed by atoms with E-state index >= 15 is 0 Å². The van der Waals surface area contributed by atoms with Gasteiger partial charge in [0.05, 0.1) is 24.0 Å². The molecule has 0 radical (unpaired) electrons. The summed E-state index contributed by atoms with van der Waals surface area (Å²) in [5, 5.41) is 1.74. The average Bonchev–Trinajstić information content (AvgIpc) is 4.06. The molecule has 5 heterocycles. The summed E-state index contributed by atoms with van der Waals surface area (Å²) in [6.07, 6.45) is 13.9. The minimum atomic E-state index is -0.384. The number of ketones is 1. The maximum absolute atomic E-state index is 11.7. The van der Waals surface area contributed by atoms with Gasteiger partial charge in [0, 0.05) is 61.3 Å². The van der Waals surface area contributed by atoms with Crippen molar-refractivity contribution in [1.29, 1.82) is 0 Å². The number of nitrogen functional groups attached to an aromatic ring is 2. The molecule has 4 N–H and O–H groups in total. The zero-order valence-electron chi connectivity index (χ0n) is 34.8. The Morgan fingerprint density at radius 1 is 0.540 bits per heavy atom. The molecule has 4 aromatic heterocycles. The molecule has 1 aliphatic heterocycles. The van der Waals surface area contributed by atoms with Crippen LogP contribution < -0.4 is 20.9 Å². The second kappa shape index (κ2) is 17.3. The molecule has 2 saturated carbocycles. The van der Waals surface area contributed by atoms with Crippen LogP contribution in [0.3, 0.4) is 0 Å². The predicted molar refractivity (Wildman–Crippen MR) is 242 cm³/mol. The fourth-order valence-electron chi connectivity index (χ4n) is 9.17. The van der Waals surface area contributed by atoms with Crippen LogP contribution in [-0.2, 0) is 14.3 Å². The van der Waals surface area contributed by atoms with Crippen LogP contribution in [0.5, 0.6) is 23.0 Å². The monoisotopic (exact) mass is 840 g/mol. The number of aromatic nitrogens is 6. The smallest absolute Gasteiger partial charge is 0.168 e. The highest BCUT2D eigenvalue weighted by atomic mass is 16.7. The van der Waals surface area contributed by atoms with Gasteiger partial charge in [0.25, 0.3) is 0 Å². The van der Waals surface area contributed by atoms with E-state index < -0.39 is 0 Å². The van der Waals surface area contributed by atoms with Crippen molar-refractivity contribution in [2.75, 3.05) is 24.7 Å². The van der Waals surface area contributed by atoms with Gasteiger partial charge in [0.2, 0.25) is 0 Å². The highest BCUT2D eigenvalue weighted by Gasteiger charge is 2.41. The first kappa shape index (κ1) is 40.0. The fraction of sp³-hybridized carbons (Fsp3) is 0.260. The standard InChI is InChI=1S/C26H26N4O3.C24H22N4O2/c27-24-23-22(18-6-8-21(9-7-18)33-20-4-2-1-3-5-20)16-30(25(23)29-17-28-24)19-10-12-26(13-11-19)31-14-15-32-26;25-23-22-21(16-6-12-20(13-7-16)30-19-4-2-1-3-5-19)14-28(24(22)27-15-26-23)17-8-10-18(29)11-9-17/h1-9,16-17,19H,10-15H2,(H2,27,28,29);1-7,12-15,17H,8-11H2,(H2,25,26,27). The Morgan fingerprint density at radius 3 is 1.40 bits per heavy atom. The van der Waals surface area contributed by atoms with Crippen molar-refractivity contribution in [3.63, 3.8) is 0 Å². The molecule has 8 aromatic rings. The maximum Gasteiger partial charge on any atom is 0.168 e. The van der Waals surface area contributed by atoms with Crippen molar-refractivity contribution in [2.24, 2.45) is 0 Å². The van der Waals surface area contributed by atoms with Gasteiger partial charge in [-0.05, 0) is 85.3 Å². The molecule has 13 nitrogen and oxygen atoms in total. The molecule has 1 saturated heterocycles. The van der Waals surface area contributed by atoms with Crippen LogP contribution >= 0.6 is 0 Å². The molecule has 3 fully saturated rings. The van der Waals surface area contributed by atoms with Crippen LogP contribution in [0.1, 0.15) is 63.5 Å². The van der Waals surface area contributed by atoms with E-state index in [1.807, 2.05) is 97.1 Å². The van der Waals surface area contributed by atoms with Gasteiger partial charge in [-0.3, -0.25) is 4.79 Å². The first-order valence-corrected chi connectivity index (χ1v) is 21.6. The number of ether oxygens (including phenoxy) is 4. The quantitative estimate of drug-likeness (QED) is 0.149. The normalized spacial score (nSPS) is 16.6. The van der Waals surface area contributed by atoms with Gasteiger partial charge >= 0.3 is 0 Å². The summed E-state index contributed by atoms with van der Waals surface area (Å²) in [6.45, 7) is 1.38. The number of para-hydroxylation sites is 2. The van der Waals surface area contributed by atoms with Crippen molar-refractivity contribution in [3.8, 4) is 45.3 Å². The van der Waals surface area contributed by atoms with E-state index in [2.05, 4.69) is 53.6 Å². The topological polar surface area (TPSA) is 167 Å². The minimum Gasteiger partial charge on any atom is -0.457 e. The first-order chi connectivity index (χ1) is 30.9. The largest absolute Gasteiger partial charge is 0.457 e. The van der Waals surface area contributed by atoms with Gasteiger partial charge in [-0.1, -0.05) is 60.7 Å². The highest BCUT2D eigenvalue weighted by molar-refractivity contribution is 6.01. The number of fused-ring (bicyclic) bond motifs is 2. The van der Waals surface area contributed by atoms with E-state index in [-0.39, 0.29) is 11.8 Å². The van der Waals surface area contributed by atoms with Gasteiger partial charge in [-0.2, -0.15) is 0 Å². The molecule has 4 aromatic carbocycles. The number of carbonyl (C=O) groups excluding carboxylic acids is 1. The number of carbonyl (C=O) groups is 1. The number of nitrogens with two attached hydrogens (primary N) is 2. The van der Waals surface area contributed by atoms with E-state index in [0.29, 0.717) is 49.5 Å². The Morgan fingerprint density at radius 2 is 0.952 bits per heavy atom. The third-order valence-electron chi connectivity index (χ3n) is 12.4. The summed E-state index contributed by atoms with van der Waals surface area (Å²) in [5.41, 5.74) is 18.4. The molecule has 1 spiro atoms. The average molecular weight is 841 g/mol. The number of Topliss-reactive ketones (excluding diaryl/α,β-unsaturated/α-hetero) is 1. The van der Waals surface area contributed by atoms with Crippen molar-refractivity contribution in [1.82, 2.24) is 29.1 Å². The number of rotatable bonds is 8. The van der Waals surface area contributed by atoms with Crippen LogP contribution in [0.25, 0.3) is 44.3 Å². The van der Waals surface area contributed by atoms with Gasteiger partial charge in [-0.15, -0.1) is 0 Å². The molecule has 3 aliphatic rings. The van der Waals surface area contributed by atoms with Crippen LogP contribution in [0.15, 0.2) is 134 Å². The van der Waals surface area contributed by atoms with E-state index in [1.165, 1.54) is 6.33 Å². The van der Waals surface area contributed by atoms with E-state index in [4.69, 9.17) is 30.4 Å². The molecule has 13 heteroatoms. The third-order valence-corrected chi connectivity index (χ3v) is 12.4. The Balaban J connectivity index is 0.000000150. The van der Waals surface area contributed by atoms with Gasteiger partial charge in [0.1, 0.15) is 64.4 Å². The molecule has 2 aliphatic carbocycles. The zero-order valence-corrected chi connectivity index (χ0v) is 34.8. The van der Waals surface area contributed by atoms with E-state index in [9.17, 15) is 4.79 Å². The minimum absolute atomic E-state index is 0.244. The molecular formula is C50H48N8O5. The second-order valence-electron chi connectivity index (χ2n) is 16.3. The number of anilines is 2. The van der Waals surface area contributed by atoms with Crippen molar-refractivity contribution >= 4 is 39.5 Å². The Labute approximate surface area is 364 Å². The molecule has 318 valence electrons. The van der Waals surface area contributed by atoms with E-state index in [0.717, 1.165) is 106 Å². The lowest BCUT2D eigenvalue weighted by molar-refractivity contribution is -0.181. The molecular weight excluding hydrogens is 793 g/mol. The lowest BCUT2D eigenvalue weighted by Crippen LogP contribution is -2.35. The summed E-state index contributed by atoms with van der Waals surface area (Å²) in [7, 11) is 0. The van der Waals surface area contributed by atoms with Crippen LogP contribution in [0.2, 0.25) is 0 Å². The van der Waals surface area contributed by atoms with Crippen molar-refractivity contribution in [2.45, 2.75) is 69.2 Å². The fourth-order valence-corrected chi connectivity index (χ4v) is 9.17. The lowest BCUT2D eigenvalue weighted by atomic mass is 9.90. The third kappa shape index (κ3) is 8.32. The zero-order chi connectivity index (χ0) is 42.8. The predicted octanol–water partition coefficient (Wildman–Crippen LogP) is 10.5. The Kier molecular flexibility index (Phi) is 11.0. The van der Waals surface area contributed by atoms with Gasteiger partial charge in [-0.25, -0.2) is 19.9 Å². The van der Waals surface area contributed by atoms with Gasteiger partial charge < -0.3 is 39.5 Å². The number of hydrogen-bond donors (Lipinski definition) is 2. The summed E-state index contributed by atoms with van der Waals surface area (Å²) >= 11 is 0. The number of hydrogen-bond acceptors (Lipinski definition) is 11. The second-order valence-corrected chi connectivity index (χ2v) is 16.3. The lowest BCUT2D eigenvalue weighted by Gasteiger charge is -2.36. The van der Waals surface area contributed by atoms with Gasteiger partial charge in [0.15, 0.2) is 5.79 Å². The number of nitrogens with zero attached hydrogens (tertiary/aromatic N) is 6. The summed E-state index contributed by atoms with van der Waals surface area (Å²) in [4.78, 5) is 29.3. The Bertz CT molecular complexity index is 2840. The molecule has 0 bridgehead atoms. The first-order valence-electron chi connectivity index (χ1n) is 21.6. The molecule has 0 unspecified atom stereocenters. The molecule has 11 rings (SSSR count). The summed E-state index contributed by atoms with van der Waals surface area (Å²) in [5.74, 6) is 4.07. The summed E-state index contributed by atoms with van der Waals surface area (Å²) < 4.78 is 28.1. The molecule has 63 heavy (non-hydrogen) atoms. The van der Waals surface area contributed by atoms with Crippen LogP contribution in [0.4, 0.5) is 11.6 Å². The maximum atomic E-state index is 11.7. The van der Waals surface area contributed by atoms with Crippen LogP contribution in [0, 0.1) is 0 Å². The van der Waals surface area contributed by atoms with Crippen molar-refractivity contribution < 1.29 is 23.7 Å².